The highest BCUT2D eigenvalue weighted by Gasteiger charge is 2.31. The van der Waals surface area contributed by atoms with Crippen LogP contribution in [0.3, 0.4) is 0 Å². The van der Waals surface area contributed by atoms with Gasteiger partial charge in [-0.2, -0.15) is 0 Å². The van der Waals surface area contributed by atoms with Crippen molar-refractivity contribution in [3.63, 3.8) is 0 Å². The van der Waals surface area contributed by atoms with Crippen LogP contribution in [0, 0.1) is 0 Å². The lowest BCUT2D eigenvalue weighted by molar-refractivity contribution is 0.0987. The van der Waals surface area contributed by atoms with Crippen molar-refractivity contribution in [1.82, 2.24) is 0 Å². The Morgan fingerprint density at radius 2 is 1.94 bits per heavy atom. The summed E-state index contributed by atoms with van der Waals surface area (Å²) >= 11 is 5.56. The number of fused-ring (bicyclic) bond motifs is 1. The van der Waals surface area contributed by atoms with E-state index in [9.17, 15) is 19.8 Å². The minimum Gasteiger partial charge on any atom is -0.504 e. The van der Waals surface area contributed by atoms with Crippen molar-refractivity contribution in [2.75, 3.05) is 7.11 Å². The number of hydrogen-bond acceptors (Lipinski definition) is 5. The van der Waals surface area contributed by atoms with Crippen LogP contribution >= 0.6 is 11.6 Å². The fourth-order valence-corrected chi connectivity index (χ4v) is 1.85. The molecule has 1 aromatic rings. The van der Waals surface area contributed by atoms with Gasteiger partial charge >= 0.3 is 0 Å². The number of phenolic OH excluding ortho intramolecular Hbond substituents is 2. The number of ketones is 2. The van der Waals surface area contributed by atoms with Crippen LogP contribution in [0.25, 0.3) is 0 Å². The molecule has 2 N–H and O–H groups in total. The van der Waals surface area contributed by atoms with Gasteiger partial charge < -0.3 is 14.9 Å². The second-order valence-corrected chi connectivity index (χ2v) is 3.79. The summed E-state index contributed by atoms with van der Waals surface area (Å²) in [4.78, 5) is 23.3. The molecule has 88 valence electrons. The normalized spacial score (nSPS) is 14.4. The van der Waals surface area contributed by atoms with Crippen LogP contribution in [-0.2, 0) is 0 Å². The van der Waals surface area contributed by atoms with Gasteiger partial charge in [-0.15, -0.1) is 0 Å². The molecule has 0 aliphatic heterocycles. The summed E-state index contributed by atoms with van der Waals surface area (Å²) in [5.41, 5.74) is -0.354. The number of aromatic hydroxyl groups is 2. The van der Waals surface area contributed by atoms with E-state index in [4.69, 9.17) is 16.3 Å². The van der Waals surface area contributed by atoms with Gasteiger partial charge in [0.05, 0.1) is 17.7 Å². The highest BCUT2D eigenvalue weighted by Crippen LogP contribution is 2.43. The summed E-state index contributed by atoms with van der Waals surface area (Å²) in [5.74, 6) is -2.50. The van der Waals surface area contributed by atoms with Crippen molar-refractivity contribution in [1.29, 1.82) is 0 Å². The molecule has 1 aromatic carbocycles. The van der Waals surface area contributed by atoms with Crippen molar-refractivity contribution in [3.05, 3.63) is 28.3 Å². The van der Waals surface area contributed by atoms with Gasteiger partial charge in [-0.05, 0) is 6.07 Å². The van der Waals surface area contributed by atoms with E-state index in [1.165, 1.54) is 7.11 Å². The molecule has 1 aliphatic rings. The maximum absolute atomic E-state index is 11.7. The molecule has 0 spiro atoms. The number of Topliss-reactive ketones (excluding diaryl/α,β-unsaturated/α-hetero) is 1. The first-order valence-corrected chi connectivity index (χ1v) is 4.94. The largest absolute Gasteiger partial charge is 0.504 e. The molecule has 0 atom stereocenters. The average Bonchev–Trinajstić information content (AvgIpc) is 2.25. The van der Waals surface area contributed by atoms with E-state index in [-0.39, 0.29) is 21.9 Å². The van der Waals surface area contributed by atoms with Crippen LogP contribution in [0.5, 0.6) is 17.2 Å². The Bertz CT molecular complexity index is 574. The minimum absolute atomic E-state index is 0.140. The Morgan fingerprint density at radius 1 is 1.29 bits per heavy atom. The number of allylic oxidation sites excluding steroid dienone is 2. The quantitative estimate of drug-likeness (QED) is 0.795. The van der Waals surface area contributed by atoms with Crippen LogP contribution in [0.1, 0.15) is 20.7 Å². The number of halogens is 1. The SMILES string of the molecule is COc1c(O)cc2c(c1O)C(=O)C=C(Cl)C2=O. The van der Waals surface area contributed by atoms with Gasteiger partial charge in [-0.1, -0.05) is 11.6 Å². The van der Waals surface area contributed by atoms with Gasteiger partial charge in [0.2, 0.25) is 11.5 Å². The van der Waals surface area contributed by atoms with Gasteiger partial charge in [0, 0.05) is 11.6 Å². The monoisotopic (exact) mass is 254 g/mol. The van der Waals surface area contributed by atoms with Crippen molar-refractivity contribution in [2.24, 2.45) is 0 Å². The van der Waals surface area contributed by atoms with E-state index >= 15 is 0 Å². The number of phenols is 2. The van der Waals surface area contributed by atoms with Crippen LogP contribution in [0.4, 0.5) is 0 Å². The lowest BCUT2D eigenvalue weighted by Crippen LogP contribution is -2.15. The first-order valence-electron chi connectivity index (χ1n) is 4.56. The fourth-order valence-electron chi connectivity index (χ4n) is 1.65. The maximum Gasteiger partial charge on any atom is 0.205 e. The van der Waals surface area contributed by atoms with Gasteiger partial charge in [0.15, 0.2) is 17.3 Å². The Labute approximate surface area is 101 Å². The second-order valence-electron chi connectivity index (χ2n) is 3.39. The third kappa shape index (κ3) is 1.55. The first kappa shape index (κ1) is 11.5. The molecule has 0 fully saturated rings. The summed E-state index contributed by atoms with van der Waals surface area (Å²) in [5, 5.41) is 19.0. The van der Waals surface area contributed by atoms with Crippen molar-refractivity contribution in [3.8, 4) is 17.2 Å². The summed E-state index contributed by atoms with van der Waals surface area (Å²) in [7, 11) is 1.22. The van der Waals surface area contributed by atoms with Crippen LogP contribution < -0.4 is 4.74 Å². The number of rotatable bonds is 1. The summed E-state index contributed by atoms with van der Waals surface area (Å²) in [6.45, 7) is 0. The molecule has 1 aliphatic carbocycles. The molecule has 17 heavy (non-hydrogen) atoms. The molecule has 0 amide bonds. The van der Waals surface area contributed by atoms with Crippen LogP contribution in [0.2, 0.25) is 0 Å². The van der Waals surface area contributed by atoms with Gasteiger partial charge in [0.1, 0.15) is 0 Å². The number of benzene rings is 1. The Morgan fingerprint density at radius 3 is 2.53 bits per heavy atom. The number of carbonyl (C=O) groups is 2. The third-order valence-corrected chi connectivity index (χ3v) is 2.69. The van der Waals surface area contributed by atoms with Crippen molar-refractivity contribution < 1.29 is 24.5 Å². The Hall–Kier alpha value is -2.01. The lowest BCUT2D eigenvalue weighted by Gasteiger charge is -2.15. The summed E-state index contributed by atoms with van der Waals surface area (Å²) < 4.78 is 4.74. The average molecular weight is 255 g/mol. The van der Waals surface area contributed by atoms with E-state index in [2.05, 4.69) is 0 Å². The molecule has 0 radical (unpaired) electrons. The van der Waals surface area contributed by atoms with E-state index in [0.717, 1.165) is 12.1 Å². The first-order chi connectivity index (χ1) is 7.97. The molecule has 0 saturated carbocycles. The summed E-state index contributed by atoms with van der Waals surface area (Å²) in [6.07, 6.45) is 0.919. The predicted octanol–water partition coefficient (Wildman–Crippen LogP) is 1.61. The van der Waals surface area contributed by atoms with E-state index < -0.39 is 23.1 Å². The van der Waals surface area contributed by atoms with Gasteiger partial charge in [-0.25, -0.2) is 0 Å². The fraction of sp³-hybridized carbons (Fsp3) is 0.0909. The second kappa shape index (κ2) is 3.78. The minimum atomic E-state index is -0.630. The van der Waals surface area contributed by atoms with Gasteiger partial charge in [-0.3, -0.25) is 9.59 Å². The number of carbonyl (C=O) groups excluding carboxylic acids is 2. The molecule has 5 nitrogen and oxygen atoms in total. The van der Waals surface area contributed by atoms with Crippen molar-refractivity contribution in [2.45, 2.75) is 0 Å². The molecule has 2 rings (SSSR count). The lowest BCUT2D eigenvalue weighted by atomic mass is 9.93. The number of methoxy groups -OCH3 is 1. The molecule has 6 heteroatoms. The topological polar surface area (TPSA) is 83.8 Å². The van der Waals surface area contributed by atoms with E-state index in [1.54, 1.807) is 0 Å². The van der Waals surface area contributed by atoms with E-state index in [0.29, 0.717) is 0 Å². The predicted molar refractivity (Wildman–Crippen MR) is 58.9 cm³/mol. The summed E-state index contributed by atoms with van der Waals surface area (Å²) in [6, 6.07) is 1.05. The molecule has 0 bridgehead atoms. The Balaban J connectivity index is 2.80. The van der Waals surface area contributed by atoms with Crippen LogP contribution in [0.15, 0.2) is 17.2 Å². The zero-order valence-electron chi connectivity index (χ0n) is 8.65. The third-order valence-electron chi connectivity index (χ3n) is 2.40. The smallest absolute Gasteiger partial charge is 0.205 e. The highest BCUT2D eigenvalue weighted by atomic mass is 35.5. The molecular weight excluding hydrogens is 248 g/mol. The molecule has 0 heterocycles. The Kier molecular flexibility index (Phi) is 2.55. The van der Waals surface area contributed by atoms with Gasteiger partial charge in [0.25, 0.3) is 0 Å². The highest BCUT2D eigenvalue weighted by molar-refractivity contribution is 6.49. The maximum atomic E-state index is 11.7. The molecule has 0 unspecified atom stereocenters. The molecule has 0 aromatic heterocycles. The van der Waals surface area contributed by atoms with Crippen LogP contribution in [-0.4, -0.2) is 28.9 Å². The number of ether oxygens (including phenoxy) is 1. The van der Waals surface area contributed by atoms with E-state index in [1.807, 2.05) is 0 Å². The zero-order chi connectivity index (χ0) is 12.7. The molecule has 0 saturated heterocycles. The standard InChI is InChI=1S/C11H7ClO5/c1-17-11-7(14)2-4-8(10(11)16)6(13)3-5(12)9(4)15/h2-3,14,16H,1H3. The molecular formula is C11H7ClO5. The number of hydrogen-bond donors (Lipinski definition) is 2. The van der Waals surface area contributed by atoms with Crippen molar-refractivity contribution >= 4 is 23.2 Å². The zero-order valence-corrected chi connectivity index (χ0v) is 9.41.